The largest absolute Gasteiger partial charge is 0.399 e. The number of ether oxygens (including phenoxy) is 2. The van der Waals surface area contributed by atoms with E-state index in [2.05, 4.69) is 0 Å². The summed E-state index contributed by atoms with van der Waals surface area (Å²) in [6, 6.07) is 11.9. The standard InChI is InChI=1S/C36H38F3NO6S/c1-33-8-7-24(42)13-27(33)28(38)14-26-25-15-30-36(32(44)47-18-37,34(25,2)16-29(43)35(26,33)39)46-31(45-30)22-5-3-19(4-6-22)9-20-10-21(17-41)12-23(40)11-20/h3-8,10-13,25-26,28-31,41,43H,9,14-18,40H2,1-2H3/t25-,26-,28-,29-,30+,31+,33-,34-,35-,36-/m0/s1. The number of halogens is 3. The van der Waals surface area contributed by atoms with Crippen LogP contribution in [0.2, 0.25) is 0 Å². The fourth-order valence-corrected chi connectivity index (χ4v) is 10.3. The Bertz CT molecular complexity index is 1680. The fraction of sp³-hybridized carbons (Fsp3) is 0.500. The molecule has 1 aliphatic heterocycles. The predicted octanol–water partition coefficient (Wildman–Crippen LogP) is 5.62. The fourth-order valence-electron chi connectivity index (χ4n) is 9.62. The van der Waals surface area contributed by atoms with Gasteiger partial charge in [0, 0.05) is 28.0 Å². The van der Waals surface area contributed by atoms with E-state index in [9.17, 15) is 24.2 Å². The van der Waals surface area contributed by atoms with E-state index in [1.165, 1.54) is 19.1 Å². The lowest BCUT2D eigenvalue weighted by Gasteiger charge is -2.63. The lowest BCUT2D eigenvalue weighted by Crippen LogP contribution is -2.70. The lowest BCUT2D eigenvalue weighted by atomic mass is 9.44. The van der Waals surface area contributed by atoms with Crippen molar-refractivity contribution in [2.75, 3.05) is 11.7 Å². The van der Waals surface area contributed by atoms with Gasteiger partial charge in [-0.2, -0.15) is 0 Å². The number of nitrogen functional groups attached to an aromatic ring is 1. The first-order valence-corrected chi connectivity index (χ1v) is 16.9. The molecular formula is C36H38F3NO6S. The van der Waals surface area contributed by atoms with Gasteiger partial charge in [-0.25, -0.2) is 13.2 Å². The second kappa shape index (κ2) is 11.3. The van der Waals surface area contributed by atoms with Crippen LogP contribution in [0.25, 0.3) is 0 Å². The van der Waals surface area contributed by atoms with E-state index >= 15 is 8.78 Å². The zero-order valence-corrected chi connectivity index (χ0v) is 26.9. The Morgan fingerprint density at radius 2 is 1.81 bits per heavy atom. The summed E-state index contributed by atoms with van der Waals surface area (Å²) in [4.78, 5) is 26.1. The zero-order chi connectivity index (χ0) is 33.5. The highest BCUT2D eigenvalue weighted by Crippen LogP contribution is 2.73. The molecule has 2 aromatic carbocycles. The quantitative estimate of drug-likeness (QED) is 0.340. The van der Waals surface area contributed by atoms with Crippen molar-refractivity contribution < 1.29 is 42.4 Å². The van der Waals surface area contributed by atoms with Crippen molar-refractivity contribution in [2.24, 2.45) is 22.7 Å². The predicted molar refractivity (Wildman–Crippen MR) is 170 cm³/mol. The lowest BCUT2D eigenvalue weighted by molar-refractivity contribution is -0.232. The molecule has 0 unspecified atom stereocenters. The highest BCUT2D eigenvalue weighted by atomic mass is 32.2. The average molecular weight is 670 g/mol. The zero-order valence-electron chi connectivity index (χ0n) is 26.1. The van der Waals surface area contributed by atoms with Gasteiger partial charge in [0.1, 0.15) is 12.2 Å². The maximum atomic E-state index is 17.6. The Kier molecular flexibility index (Phi) is 7.83. The number of rotatable bonds is 6. The molecule has 2 aromatic rings. The number of allylic oxidation sites excluding steroid dienone is 4. The van der Waals surface area contributed by atoms with Gasteiger partial charge in [0.05, 0.1) is 18.8 Å². The number of anilines is 1. The third-order valence-electron chi connectivity index (χ3n) is 11.8. The van der Waals surface area contributed by atoms with Crippen LogP contribution in [-0.2, 0) is 32.1 Å². The molecule has 47 heavy (non-hydrogen) atoms. The van der Waals surface area contributed by atoms with Crippen molar-refractivity contribution >= 4 is 28.3 Å². The average Bonchev–Trinajstić information content (AvgIpc) is 3.53. The number of nitrogens with two attached hydrogens (primary N) is 1. The molecule has 4 aliphatic carbocycles. The molecule has 3 saturated carbocycles. The molecule has 0 bridgehead atoms. The van der Waals surface area contributed by atoms with Crippen molar-refractivity contribution in [3.63, 3.8) is 0 Å². The van der Waals surface area contributed by atoms with Crippen LogP contribution in [0.5, 0.6) is 0 Å². The summed E-state index contributed by atoms with van der Waals surface area (Å²) in [5, 5.41) is 20.6. The first-order valence-electron chi connectivity index (χ1n) is 15.9. The molecule has 0 amide bonds. The first-order chi connectivity index (χ1) is 22.3. The summed E-state index contributed by atoms with van der Waals surface area (Å²) in [5.41, 5.74) is 2.97. The van der Waals surface area contributed by atoms with Crippen LogP contribution in [-0.4, -0.2) is 56.8 Å². The number of ketones is 1. The molecule has 250 valence electrons. The highest BCUT2D eigenvalue weighted by molar-refractivity contribution is 8.13. The third-order valence-corrected chi connectivity index (χ3v) is 12.5. The molecule has 5 aliphatic rings. The molecule has 0 radical (unpaired) electrons. The summed E-state index contributed by atoms with van der Waals surface area (Å²) < 4.78 is 60.3. The molecule has 7 rings (SSSR count). The molecule has 10 atom stereocenters. The normalized spacial score (nSPS) is 40.3. The molecule has 4 fully saturated rings. The molecule has 0 spiro atoms. The van der Waals surface area contributed by atoms with Gasteiger partial charge in [-0.15, -0.1) is 0 Å². The van der Waals surface area contributed by atoms with E-state index in [4.69, 9.17) is 15.2 Å². The second-order valence-electron chi connectivity index (χ2n) is 14.1. The van der Waals surface area contributed by atoms with Gasteiger partial charge in [0.2, 0.25) is 5.12 Å². The van der Waals surface area contributed by atoms with Crippen LogP contribution in [0.15, 0.2) is 66.3 Å². The SMILES string of the molecule is C[C@]12C=CC(=O)C=C1[C@@H](F)C[C@H]1[C@@H]3C[C@H]4O[C@@H](c5ccc(Cc6cc(N)cc(CO)c6)cc5)O[C@@]4(C(=O)SCF)[C@@]3(C)C[C@H](O)[C@@]12F. The molecule has 1 heterocycles. The number of benzene rings is 2. The van der Waals surface area contributed by atoms with Crippen molar-refractivity contribution in [1.29, 1.82) is 0 Å². The Morgan fingerprint density at radius 3 is 2.51 bits per heavy atom. The Hall–Kier alpha value is -2.96. The molecule has 4 N–H and O–H groups in total. The number of hydrogen-bond donors (Lipinski definition) is 3. The van der Waals surface area contributed by atoms with Crippen molar-refractivity contribution in [3.05, 3.63) is 88.5 Å². The van der Waals surface area contributed by atoms with Gasteiger partial charge < -0.3 is 25.4 Å². The molecule has 7 nitrogen and oxygen atoms in total. The summed E-state index contributed by atoms with van der Waals surface area (Å²) in [7, 11) is 0. The van der Waals surface area contributed by atoms with Gasteiger partial charge in [0.25, 0.3) is 0 Å². The number of hydrogen-bond acceptors (Lipinski definition) is 8. The second-order valence-corrected chi connectivity index (χ2v) is 15.0. The number of alkyl halides is 3. The Balaban J connectivity index is 1.20. The van der Waals surface area contributed by atoms with Crippen molar-refractivity contribution in [3.8, 4) is 0 Å². The first kappa shape index (κ1) is 32.6. The summed E-state index contributed by atoms with van der Waals surface area (Å²) in [6.45, 7) is 3.15. The van der Waals surface area contributed by atoms with E-state index in [1.54, 1.807) is 13.0 Å². The Morgan fingerprint density at radius 1 is 1.09 bits per heavy atom. The minimum Gasteiger partial charge on any atom is -0.399 e. The number of fused-ring (bicyclic) bond motifs is 7. The van der Waals surface area contributed by atoms with Crippen LogP contribution >= 0.6 is 11.8 Å². The van der Waals surface area contributed by atoms with E-state index in [0.29, 0.717) is 35.0 Å². The third kappa shape index (κ3) is 4.56. The highest BCUT2D eigenvalue weighted by Gasteiger charge is 2.80. The van der Waals surface area contributed by atoms with Crippen molar-refractivity contribution in [2.45, 2.75) is 82.1 Å². The number of aliphatic hydroxyl groups excluding tert-OH is 2. The van der Waals surface area contributed by atoms with Crippen LogP contribution in [0.3, 0.4) is 0 Å². The number of aliphatic hydroxyl groups is 2. The molecule has 0 aromatic heterocycles. The van der Waals surface area contributed by atoms with Crippen molar-refractivity contribution in [1.82, 2.24) is 0 Å². The number of carbonyl (C=O) groups is 2. The summed E-state index contributed by atoms with van der Waals surface area (Å²) >= 11 is 0.457. The topological polar surface area (TPSA) is 119 Å². The van der Waals surface area contributed by atoms with Crippen LogP contribution in [0, 0.1) is 22.7 Å². The molecular weight excluding hydrogens is 631 g/mol. The monoisotopic (exact) mass is 669 g/mol. The van der Waals surface area contributed by atoms with Gasteiger partial charge in [-0.05, 0) is 85.1 Å². The number of thioether (sulfide) groups is 1. The summed E-state index contributed by atoms with van der Waals surface area (Å²) in [5.74, 6) is -2.10. The van der Waals surface area contributed by atoms with Gasteiger partial charge in [-0.1, -0.05) is 55.1 Å². The minimum absolute atomic E-state index is 0.0175. The van der Waals surface area contributed by atoms with Crippen LogP contribution in [0.4, 0.5) is 18.9 Å². The van der Waals surface area contributed by atoms with Crippen LogP contribution < -0.4 is 5.73 Å². The van der Waals surface area contributed by atoms with Gasteiger partial charge in [0.15, 0.2) is 23.3 Å². The number of carbonyl (C=O) groups excluding carboxylic acids is 2. The van der Waals surface area contributed by atoms with E-state index in [0.717, 1.165) is 17.2 Å². The van der Waals surface area contributed by atoms with Gasteiger partial charge in [-0.3, -0.25) is 9.59 Å². The molecule has 11 heteroatoms. The minimum atomic E-state index is -2.32. The van der Waals surface area contributed by atoms with E-state index in [1.807, 2.05) is 36.4 Å². The van der Waals surface area contributed by atoms with Crippen LogP contribution in [0.1, 0.15) is 61.7 Å². The van der Waals surface area contributed by atoms with E-state index in [-0.39, 0.29) is 31.4 Å². The Labute approximate surface area is 275 Å². The van der Waals surface area contributed by atoms with Gasteiger partial charge >= 0.3 is 0 Å². The molecule has 1 saturated heterocycles. The summed E-state index contributed by atoms with van der Waals surface area (Å²) in [6.07, 6.45) is -1.18. The maximum Gasteiger partial charge on any atom is 0.226 e. The smallest absolute Gasteiger partial charge is 0.226 e. The van der Waals surface area contributed by atoms with E-state index < -0.39 is 75.5 Å². The maximum absolute atomic E-state index is 17.6.